The second kappa shape index (κ2) is 13.0. The number of benzene rings is 2. The SMILES string of the molecule is CCO[PH](=O)c1ccc(N[C@H](CCN2CCOCC2)CSc2ccccc2)c([N+](=O)[O-])c1. The summed E-state index contributed by atoms with van der Waals surface area (Å²) in [6, 6.07) is 14.8. The summed E-state index contributed by atoms with van der Waals surface area (Å²) in [5.74, 6) is 0.767. The van der Waals surface area contributed by atoms with E-state index < -0.39 is 13.0 Å². The molecule has 1 N–H and O–H groups in total. The molecular weight excluding hydrogens is 449 g/mol. The summed E-state index contributed by atoms with van der Waals surface area (Å²) in [6.45, 7) is 6.21. The Hall–Kier alpha value is -1.90. The lowest BCUT2D eigenvalue weighted by Gasteiger charge is -2.29. The van der Waals surface area contributed by atoms with E-state index in [1.165, 1.54) is 6.07 Å². The van der Waals surface area contributed by atoms with Crippen LogP contribution in [0.15, 0.2) is 53.4 Å². The van der Waals surface area contributed by atoms with Crippen molar-refractivity contribution in [2.75, 3.05) is 50.5 Å². The van der Waals surface area contributed by atoms with E-state index in [9.17, 15) is 14.7 Å². The topological polar surface area (TPSA) is 93.9 Å². The lowest BCUT2D eigenvalue weighted by Crippen LogP contribution is -2.39. The van der Waals surface area contributed by atoms with Gasteiger partial charge in [-0.05, 0) is 37.6 Å². The Morgan fingerprint density at radius 1 is 1.25 bits per heavy atom. The van der Waals surface area contributed by atoms with E-state index in [1.54, 1.807) is 30.8 Å². The Morgan fingerprint density at radius 3 is 2.69 bits per heavy atom. The summed E-state index contributed by atoms with van der Waals surface area (Å²) in [6.07, 6.45) is 0.842. The predicted octanol–water partition coefficient (Wildman–Crippen LogP) is 4.03. The lowest BCUT2D eigenvalue weighted by atomic mass is 10.2. The minimum absolute atomic E-state index is 0.0246. The fraction of sp³-hybridized carbons (Fsp3) is 0.455. The first-order chi connectivity index (χ1) is 15.6. The van der Waals surface area contributed by atoms with Gasteiger partial charge in [0.15, 0.2) is 0 Å². The van der Waals surface area contributed by atoms with Crippen LogP contribution in [0.2, 0.25) is 0 Å². The van der Waals surface area contributed by atoms with Gasteiger partial charge in [0.05, 0.1) is 24.7 Å². The summed E-state index contributed by atoms with van der Waals surface area (Å²) in [7, 11) is -2.49. The van der Waals surface area contributed by atoms with Gasteiger partial charge in [0, 0.05) is 47.7 Å². The van der Waals surface area contributed by atoms with Crippen LogP contribution in [0.5, 0.6) is 0 Å². The first-order valence-electron chi connectivity index (χ1n) is 10.8. The maximum atomic E-state index is 12.2. The molecular formula is C22H30N3O5PS. The van der Waals surface area contributed by atoms with Crippen LogP contribution in [-0.2, 0) is 13.8 Å². The molecule has 32 heavy (non-hydrogen) atoms. The molecule has 10 heteroatoms. The molecule has 1 fully saturated rings. The van der Waals surface area contributed by atoms with Gasteiger partial charge >= 0.3 is 0 Å². The van der Waals surface area contributed by atoms with Crippen molar-refractivity contribution in [1.29, 1.82) is 0 Å². The number of hydrogen-bond donors (Lipinski definition) is 1. The Morgan fingerprint density at radius 2 is 2.00 bits per heavy atom. The van der Waals surface area contributed by atoms with Gasteiger partial charge in [0.25, 0.3) is 5.69 Å². The van der Waals surface area contributed by atoms with Crippen LogP contribution in [0, 0.1) is 10.1 Å². The van der Waals surface area contributed by atoms with E-state index in [0.29, 0.717) is 17.6 Å². The van der Waals surface area contributed by atoms with Crippen LogP contribution in [-0.4, -0.2) is 61.1 Å². The van der Waals surface area contributed by atoms with Crippen molar-refractivity contribution in [2.45, 2.75) is 24.3 Å². The number of rotatable bonds is 12. The quantitative estimate of drug-likeness (QED) is 0.211. The highest BCUT2D eigenvalue weighted by Crippen LogP contribution is 2.30. The van der Waals surface area contributed by atoms with Crippen LogP contribution >= 0.6 is 19.8 Å². The molecule has 1 heterocycles. The van der Waals surface area contributed by atoms with Crippen molar-refractivity contribution in [3.63, 3.8) is 0 Å². The van der Waals surface area contributed by atoms with Gasteiger partial charge in [-0.1, -0.05) is 18.2 Å². The maximum Gasteiger partial charge on any atom is 0.293 e. The molecule has 0 spiro atoms. The average molecular weight is 480 g/mol. The third kappa shape index (κ3) is 7.60. The van der Waals surface area contributed by atoms with Crippen molar-refractivity contribution >= 4 is 36.5 Å². The highest BCUT2D eigenvalue weighted by atomic mass is 32.2. The number of ether oxygens (including phenoxy) is 1. The smallest absolute Gasteiger partial charge is 0.293 e. The summed E-state index contributed by atoms with van der Waals surface area (Å²) in [4.78, 5) is 14.8. The van der Waals surface area contributed by atoms with Gasteiger partial charge < -0.3 is 14.6 Å². The van der Waals surface area contributed by atoms with Gasteiger partial charge in [0.2, 0.25) is 8.03 Å². The third-order valence-corrected chi connectivity index (χ3v) is 7.66. The standard InChI is InChI=1S/C22H30N3O5PS/c1-2-30-31(28)19-8-9-21(22(16-19)25(26)27)23-18(10-11-24-12-14-29-15-13-24)17-32-20-6-4-3-5-7-20/h3-9,16,18,23,31H,2,10-15,17H2,1H3/t18-/m1/s1. The largest absolute Gasteiger partial charge is 0.379 e. The molecule has 1 aliphatic rings. The normalized spacial score (nSPS) is 16.4. The fourth-order valence-electron chi connectivity index (χ4n) is 3.44. The minimum atomic E-state index is -2.49. The predicted molar refractivity (Wildman–Crippen MR) is 130 cm³/mol. The Kier molecular flexibility index (Phi) is 10.0. The monoisotopic (exact) mass is 479 g/mol. The molecule has 0 amide bonds. The number of nitrogens with one attached hydrogen (secondary N) is 1. The zero-order chi connectivity index (χ0) is 22.8. The summed E-state index contributed by atoms with van der Waals surface area (Å²) < 4.78 is 22.8. The van der Waals surface area contributed by atoms with Gasteiger partial charge in [-0.15, -0.1) is 11.8 Å². The second-order valence-corrected chi connectivity index (χ2v) is 9.95. The molecule has 3 rings (SSSR count). The van der Waals surface area contributed by atoms with Crippen LogP contribution < -0.4 is 10.6 Å². The highest BCUT2D eigenvalue weighted by molar-refractivity contribution is 7.99. The molecule has 174 valence electrons. The van der Waals surface area contributed by atoms with Gasteiger partial charge in [-0.2, -0.15) is 0 Å². The zero-order valence-electron chi connectivity index (χ0n) is 18.2. The number of nitro groups is 1. The van der Waals surface area contributed by atoms with Gasteiger partial charge in [0.1, 0.15) is 5.69 Å². The number of nitro benzene ring substituents is 1. The highest BCUT2D eigenvalue weighted by Gasteiger charge is 2.21. The Balaban J connectivity index is 1.73. The molecule has 1 saturated heterocycles. The molecule has 0 aliphatic carbocycles. The second-order valence-electron chi connectivity index (χ2n) is 7.42. The fourth-order valence-corrected chi connectivity index (χ4v) is 5.34. The van der Waals surface area contributed by atoms with E-state index in [2.05, 4.69) is 22.3 Å². The van der Waals surface area contributed by atoms with Crippen molar-refractivity contribution in [1.82, 2.24) is 4.90 Å². The molecule has 0 bridgehead atoms. The lowest BCUT2D eigenvalue weighted by molar-refractivity contribution is -0.383. The van der Waals surface area contributed by atoms with Crippen LogP contribution in [0.1, 0.15) is 13.3 Å². The molecule has 2 aromatic rings. The molecule has 1 aliphatic heterocycles. The van der Waals surface area contributed by atoms with Crippen molar-refractivity contribution in [2.24, 2.45) is 0 Å². The van der Waals surface area contributed by atoms with Crippen molar-refractivity contribution < 1.29 is 18.7 Å². The van der Waals surface area contributed by atoms with Gasteiger partial charge in [-0.3, -0.25) is 19.6 Å². The number of nitrogens with zero attached hydrogens (tertiary/aromatic N) is 2. The van der Waals surface area contributed by atoms with E-state index in [-0.39, 0.29) is 11.7 Å². The molecule has 8 nitrogen and oxygen atoms in total. The van der Waals surface area contributed by atoms with Crippen LogP contribution in [0.3, 0.4) is 0 Å². The Bertz CT molecular complexity index is 896. The number of anilines is 1. The summed E-state index contributed by atoms with van der Waals surface area (Å²) in [5, 5.41) is 15.5. The van der Waals surface area contributed by atoms with Crippen molar-refractivity contribution in [3.05, 3.63) is 58.6 Å². The first kappa shape index (κ1) is 24.7. The average Bonchev–Trinajstić information content (AvgIpc) is 2.82. The van der Waals surface area contributed by atoms with Gasteiger partial charge in [-0.25, -0.2) is 0 Å². The molecule has 2 atom stereocenters. The van der Waals surface area contributed by atoms with Crippen molar-refractivity contribution in [3.8, 4) is 0 Å². The molecule has 0 saturated carbocycles. The van der Waals surface area contributed by atoms with E-state index in [0.717, 1.165) is 49.9 Å². The third-order valence-electron chi connectivity index (χ3n) is 5.16. The van der Waals surface area contributed by atoms with Crippen LogP contribution in [0.4, 0.5) is 11.4 Å². The zero-order valence-corrected chi connectivity index (χ0v) is 20.0. The summed E-state index contributed by atoms with van der Waals surface area (Å²) in [5.41, 5.74) is 0.354. The first-order valence-corrected chi connectivity index (χ1v) is 13.1. The van der Waals surface area contributed by atoms with E-state index >= 15 is 0 Å². The summed E-state index contributed by atoms with van der Waals surface area (Å²) >= 11 is 1.72. The number of morpholine rings is 1. The molecule has 2 aromatic carbocycles. The minimum Gasteiger partial charge on any atom is -0.379 e. The maximum absolute atomic E-state index is 12.2. The number of thioether (sulfide) groups is 1. The number of hydrogen-bond acceptors (Lipinski definition) is 8. The van der Waals surface area contributed by atoms with E-state index in [4.69, 9.17) is 9.26 Å². The molecule has 0 aromatic heterocycles. The van der Waals surface area contributed by atoms with Crippen LogP contribution in [0.25, 0.3) is 0 Å². The molecule has 1 unspecified atom stereocenters. The molecule has 0 radical (unpaired) electrons. The van der Waals surface area contributed by atoms with E-state index in [1.807, 2.05) is 18.2 Å². The Labute approximate surface area is 193 Å².